The van der Waals surface area contributed by atoms with Crippen LogP contribution < -0.4 is 11.1 Å². The molecule has 1 amide bonds. The Bertz CT molecular complexity index is 477. The van der Waals surface area contributed by atoms with E-state index in [0.29, 0.717) is 42.6 Å². The Balaban J connectivity index is 0.00000200. The fourth-order valence-corrected chi connectivity index (χ4v) is 2.45. The summed E-state index contributed by atoms with van der Waals surface area (Å²) in [7, 11) is 0. The van der Waals surface area contributed by atoms with Gasteiger partial charge in [0.1, 0.15) is 0 Å². The minimum atomic E-state index is -0.836. The van der Waals surface area contributed by atoms with Crippen molar-refractivity contribution in [3.8, 4) is 0 Å². The number of benzene rings is 1. The summed E-state index contributed by atoms with van der Waals surface area (Å²) in [6.07, 6.45) is 1.07. The van der Waals surface area contributed by atoms with Gasteiger partial charge in [-0.1, -0.05) is 29.3 Å². The molecule has 7 heteroatoms. The topological polar surface area (TPSA) is 64.4 Å². The van der Waals surface area contributed by atoms with Crippen LogP contribution in [-0.2, 0) is 16.1 Å². The normalized spacial score (nSPS) is 17.1. The van der Waals surface area contributed by atoms with Gasteiger partial charge >= 0.3 is 0 Å². The van der Waals surface area contributed by atoms with Crippen LogP contribution in [0.4, 0.5) is 0 Å². The molecule has 4 nitrogen and oxygen atoms in total. The van der Waals surface area contributed by atoms with Gasteiger partial charge in [-0.05, 0) is 30.5 Å². The van der Waals surface area contributed by atoms with Crippen LogP contribution in [0.25, 0.3) is 0 Å². The first-order valence-corrected chi connectivity index (χ1v) is 6.86. The van der Waals surface area contributed by atoms with E-state index in [2.05, 4.69) is 5.32 Å². The molecule has 112 valence electrons. The zero-order valence-electron chi connectivity index (χ0n) is 10.8. The summed E-state index contributed by atoms with van der Waals surface area (Å²) in [5.74, 6) is -0.165. The van der Waals surface area contributed by atoms with E-state index in [-0.39, 0.29) is 18.3 Å². The van der Waals surface area contributed by atoms with E-state index in [1.807, 2.05) is 0 Å². The molecule has 1 fully saturated rings. The molecule has 1 saturated heterocycles. The first-order valence-electron chi connectivity index (χ1n) is 6.10. The summed E-state index contributed by atoms with van der Waals surface area (Å²) in [5.41, 5.74) is 6.06. The minimum absolute atomic E-state index is 0. The van der Waals surface area contributed by atoms with Gasteiger partial charge in [-0.3, -0.25) is 4.79 Å². The Morgan fingerprint density at radius 3 is 2.60 bits per heavy atom. The van der Waals surface area contributed by atoms with Gasteiger partial charge in [-0.25, -0.2) is 0 Å². The Morgan fingerprint density at radius 2 is 2.00 bits per heavy atom. The maximum Gasteiger partial charge on any atom is 0.240 e. The van der Waals surface area contributed by atoms with Crippen molar-refractivity contribution in [1.82, 2.24) is 5.32 Å². The highest BCUT2D eigenvalue weighted by atomic mass is 35.5. The van der Waals surface area contributed by atoms with Gasteiger partial charge in [0.15, 0.2) is 0 Å². The number of nitrogens with two attached hydrogens (primary N) is 1. The van der Waals surface area contributed by atoms with Crippen LogP contribution in [0.1, 0.15) is 18.4 Å². The standard InChI is InChI=1S/C13H16Cl2N2O2.ClH/c14-10-2-1-9(11(15)7-10)8-17-12(18)13(16)3-5-19-6-4-13;/h1-2,7H,3-6,8,16H2,(H,17,18);1H. The maximum atomic E-state index is 12.1. The van der Waals surface area contributed by atoms with Crippen molar-refractivity contribution < 1.29 is 9.53 Å². The average molecular weight is 340 g/mol. The number of hydrogen-bond acceptors (Lipinski definition) is 3. The third-order valence-electron chi connectivity index (χ3n) is 3.29. The Labute approximate surface area is 134 Å². The predicted octanol–water partition coefficient (Wildman–Crippen LogP) is 2.54. The molecule has 2 rings (SSSR count). The highest BCUT2D eigenvalue weighted by Gasteiger charge is 2.35. The number of amides is 1. The third kappa shape index (κ3) is 4.24. The Kier molecular flexibility index (Phi) is 6.55. The smallest absolute Gasteiger partial charge is 0.240 e. The first-order chi connectivity index (χ1) is 9.01. The van der Waals surface area contributed by atoms with Gasteiger partial charge in [-0.2, -0.15) is 0 Å². The molecular formula is C13H17Cl3N2O2. The molecule has 1 aliphatic rings. The fraction of sp³-hybridized carbons (Fsp3) is 0.462. The van der Waals surface area contributed by atoms with Crippen molar-refractivity contribution in [3.05, 3.63) is 33.8 Å². The lowest BCUT2D eigenvalue weighted by Gasteiger charge is -2.31. The summed E-state index contributed by atoms with van der Waals surface area (Å²) in [6, 6.07) is 5.18. The third-order valence-corrected chi connectivity index (χ3v) is 3.88. The van der Waals surface area contributed by atoms with Crippen molar-refractivity contribution in [2.45, 2.75) is 24.9 Å². The summed E-state index contributed by atoms with van der Waals surface area (Å²) >= 11 is 11.9. The molecular weight excluding hydrogens is 323 g/mol. The largest absolute Gasteiger partial charge is 0.381 e. The summed E-state index contributed by atoms with van der Waals surface area (Å²) in [5, 5.41) is 3.92. The van der Waals surface area contributed by atoms with E-state index >= 15 is 0 Å². The van der Waals surface area contributed by atoms with Crippen molar-refractivity contribution in [1.29, 1.82) is 0 Å². The number of halogens is 3. The lowest BCUT2D eigenvalue weighted by atomic mass is 9.90. The second-order valence-electron chi connectivity index (χ2n) is 4.69. The molecule has 1 aromatic carbocycles. The quantitative estimate of drug-likeness (QED) is 0.889. The zero-order chi connectivity index (χ0) is 13.9. The number of rotatable bonds is 3. The van der Waals surface area contributed by atoms with E-state index in [4.69, 9.17) is 33.7 Å². The fourth-order valence-electron chi connectivity index (χ4n) is 1.98. The molecule has 0 spiro atoms. The SMILES string of the molecule is Cl.NC1(C(=O)NCc2ccc(Cl)cc2Cl)CCOCC1. The summed E-state index contributed by atoms with van der Waals surface area (Å²) in [4.78, 5) is 12.1. The number of carbonyl (C=O) groups is 1. The molecule has 1 heterocycles. The second kappa shape index (κ2) is 7.48. The van der Waals surface area contributed by atoms with Crippen LogP contribution in [-0.4, -0.2) is 24.7 Å². The van der Waals surface area contributed by atoms with Crippen molar-refractivity contribution in [3.63, 3.8) is 0 Å². The van der Waals surface area contributed by atoms with E-state index in [0.717, 1.165) is 5.56 Å². The molecule has 1 aliphatic heterocycles. The van der Waals surface area contributed by atoms with Gasteiger partial charge in [0, 0.05) is 29.8 Å². The molecule has 0 bridgehead atoms. The number of nitrogens with one attached hydrogen (secondary N) is 1. The number of ether oxygens (including phenoxy) is 1. The van der Waals surface area contributed by atoms with Crippen LogP contribution in [0.3, 0.4) is 0 Å². The molecule has 0 unspecified atom stereocenters. The van der Waals surface area contributed by atoms with Crippen molar-refractivity contribution in [2.75, 3.05) is 13.2 Å². The zero-order valence-corrected chi connectivity index (χ0v) is 13.2. The number of hydrogen-bond donors (Lipinski definition) is 2. The molecule has 0 saturated carbocycles. The van der Waals surface area contributed by atoms with Crippen molar-refractivity contribution in [2.24, 2.45) is 5.73 Å². The lowest BCUT2D eigenvalue weighted by Crippen LogP contribution is -2.56. The van der Waals surface area contributed by atoms with E-state index in [1.54, 1.807) is 18.2 Å². The lowest BCUT2D eigenvalue weighted by molar-refractivity contribution is -0.129. The monoisotopic (exact) mass is 338 g/mol. The molecule has 3 N–H and O–H groups in total. The molecule has 0 radical (unpaired) electrons. The first kappa shape index (κ1) is 17.5. The predicted molar refractivity (Wildman–Crippen MR) is 82.5 cm³/mol. The van der Waals surface area contributed by atoms with E-state index < -0.39 is 5.54 Å². The van der Waals surface area contributed by atoms with Crippen LogP contribution in [0.15, 0.2) is 18.2 Å². The minimum Gasteiger partial charge on any atom is -0.381 e. The summed E-state index contributed by atoms with van der Waals surface area (Å²) < 4.78 is 5.21. The Morgan fingerprint density at radius 1 is 1.35 bits per heavy atom. The highest BCUT2D eigenvalue weighted by Crippen LogP contribution is 2.22. The molecule has 0 aromatic heterocycles. The number of carbonyl (C=O) groups excluding carboxylic acids is 1. The van der Waals surface area contributed by atoms with Gasteiger partial charge in [0.2, 0.25) is 5.91 Å². The highest BCUT2D eigenvalue weighted by molar-refractivity contribution is 6.35. The second-order valence-corrected chi connectivity index (χ2v) is 5.53. The van der Waals surface area contributed by atoms with Gasteiger partial charge in [0.05, 0.1) is 5.54 Å². The summed E-state index contributed by atoms with van der Waals surface area (Å²) in [6.45, 7) is 1.38. The Hall–Kier alpha value is -0.520. The van der Waals surface area contributed by atoms with E-state index in [1.165, 1.54) is 0 Å². The van der Waals surface area contributed by atoms with Crippen molar-refractivity contribution >= 4 is 41.5 Å². The van der Waals surface area contributed by atoms with Gasteiger partial charge in [-0.15, -0.1) is 12.4 Å². The van der Waals surface area contributed by atoms with Crippen LogP contribution in [0.5, 0.6) is 0 Å². The average Bonchev–Trinajstić information content (AvgIpc) is 2.38. The molecule has 0 aliphatic carbocycles. The van der Waals surface area contributed by atoms with Crippen LogP contribution in [0.2, 0.25) is 10.0 Å². The van der Waals surface area contributed by atoms with E-state index in [9.17, 15) is 4.79 Å². The molecule has 0 atom stereocenters. The van der Waals surface area contributed by atoms with Crippen LogP contribution in [0, 0.1) is 0 Å². The maximum absolute atomic E-state index is 12.1. The van der Waals surface area contributed by atoms with Gasteiger partial charge < -0.3 is 15.8 Å². The van der Waals surface area contributed by atoms with Crippen LogP contribution >= 0.6 is 35.6 Å². The molecule has 1 aromatic rings. The van der Waals surface area contributed by atoms with Gasteiger partial charge in [0.25, 0.3) is 0 Å². The molecule has 20 heavy (non-hydrogen) atoms.